The molecule has 0 bridgehead atoms. The summed E-state index contributed by atoms with van der Waals surface area (Å²) in [7, 11) is 1.63. The van der Waals surface area contributed by atoms with Gasteiger partial charge in [-0.2, -0.15) is 9.67 Å². The quantitative estimate of drug-likeness (QED) is 0.781. The highest BCUT2D eigenvalue weighted by atomic mass is 16.5. The Labute approximate surface area is 128 Å². The number of aromatic nitrogens is 3. The number of furan rings is 1. The number of benzene rings is 1. The summed E-state index contributed by atoms with van der Waals surface area (Å²) in [5.41, 5.74) is 1.49. The number of nitrogens with zero attached hydrogens (tertiary/aromatic N) is 3. The van der Waals surface area contributed by atoms with E-state index in [-0.39, 0.29) is 0 Å². The van der Waals surface area contributed by atoms with Crippen molar-refractivity contribution in [3.63, 3.8) is 0 Å². The smallest absolute Gasteiger partial charge is 0.230 e. The van der Waals surface area contributed by atoms with Gasteiger partial charge in [0.05, 0.1) is 13.4 Å². The lowest BCUT2D eigenvalue weighted by atomic mass is 10.3. The molecule has 112 valence electrons. The second-order valence-corrected chi connectivity index (χ2v) is 4.67. The SMILES string of the molecule is C=C(c1ccco1)n1nc(C)nc1Nc1ccc(OC)cc1. The van der Waals surface area contributed by atoms with E-state index in [1.165, 1.54) is 0 Å². The standard InChI is InChI=1S/C16H16N4O2/c1-11(15-5-4-10-22-15)20-16(17-12(2)19-20)18-13-6-8-14(21-3)9-7-13/h4-10H,1H2,2-3H3,(H,17,18,19). The van der Waals surface area contributed by atoms with E-state index in [4.69, 9.17) is 9.15 Å². The molecule has 2 heterocycles. The minimum absolute atomic E-state index is 0.573. The van der Waals surface area contributed by atoms with Gasteiger partial charge in [-0.15, -0.1) is 5.10 Å². The van der Waals surface area contributed by atoms with Crippen LogP contribution in [0.15, 0.2) is 53.7 Å². The minimum atomic E-state index is 0.573. The van der Waals surface area contributed by atoms with E-state index in [0.717, 1.165) is 11.4 Å². The van der Waals surface area contributed by atoms with Gasteiger partial charge in [0, 0.05) is 5.69 Å². The van der Waals surface area contributed by atoms with Crippen LogP contribution < -0.4 is 10.1 Å². The van der Waals surface area contributed by atoms with Crippen molar-refractivity contribution in [3.05, 3.63) is 60.8 Å². The van der Waals surface area contributed by atoms with Crippen molar-refractivity contribution in [2.24, 2.45) is 0 Å². The molecule has 3 rings (SSSR count). The first-order valence-corrected chi connectivity index (χ1v) is 6.75. The molecule has 0 unspecified atom stereocenters. The monoisotopic (exact) mass is 296 g/mol. The Morgan fingerprint density at radius 1 is 1.27 bits per heavy atom. The van der Waals surface area contributed by atoms with Crippen molar-refractivity contribution in [2.45, 2.75) is 6.92 Å². The van der Waals surface area contributed by atoms with Crippen LogP contribution in [-0.2, 0) is 0 Å². The predicted octanol–water partition coefficient (Wildman–Crippen LogP) is 3.45. The van der Waals surface area contributed by atoms with Crippen LogP contribution in [0.1, 0.15) is 11.6 Å². The predicted molar refractivity (Wildman–Crippen MR) is 84.2 cm³/mol. The normalized spacial score (nSPS) is 10.5. The van der Waals surface area contributed by atoms with Crippen LogP contribution in [0.3, 0.4) is 0 Å². The van der Waals surface area contributed by atoms with Crippen LogP contribution >= 0.6 is 0 Å². The van der Waals surface area contributed by atoms with E-state index < -0.39 is 0 Å². The zero-order valence-electron chi connectivity index (χ0n) is 12.4. The van der Waals surface area contributed by atoms with Crippen molar-refractivity contribution >= 4 is 17.3 Å². The van der Waals surface area contributed by atoms with Gasteiger partial charge in [-0.25, -0.2) is 0 Å². The highest BCUT2D eigenvalue weighted by Gasteiger charge is 2.13. The van der Waals surface area contributed by atoms with E-state index >= 15 is 0 Å². The topological polar surface area (TPSA) is 65.1 Å². The number of hydrogen-bond donors (Lipinski definition) is 1. The number of methoxy groups -OCH3 is 1. The summed E-state index contributed by atoms with van der Waals surface area (Å²) in [5, 5.41) is 7.57. The van der Waals surface area contributed by atoms with Gasteiger partial charge in [-0.05, 0) is 43.3 Å². The lowest BCUT2D eigenvalue weighted by Crippen LogP contribution is -2.05. The second-order valence-electron chi connectivity index (χ2n) is 4.67. The summed E-state index contributed by atoms with van der Waals surface area (Å²) < 4.78 is 12.1. The molecule has 22 heavy (non-hydrogen) atoms. The van der Waals surface area contributed by atoms with Gasteiger partial charge < -0.3 is 14.5 Å². The molecule has 2 aromatic heterocycles. The van der Waals surface area contributed by atoms with Gasteiger partial charge in [0.25, 0.3) is 0 Å². The lowest BCUT2D eigenvalue weighted by molar-refractivity contribution is 0.415. The molecular weight excluding hydrogens is 280 g/mol. The van der Waals surface area contributed by atoms with Crippen molar-refractivity contribution < 1.29 is 9.15 Å². The van der Waals surface area contributed by atoms with Crippen molar-refractivity contribution in [2.75, 3.05) is 12.4 Å². The summed E-state index contributed by atoms with van der Waals surface area (Å²) in [5.74, 6) is 2.65. The fourth-order valence-electron chi connectivity index (χ4n) is 2.03. The van der Waals surface area contributed by atoms with E-state index in [1.807, 2.05) is 37.3 Å². The van der Waals surface area contributed by atoms with Gasteiger partial charge in [0.1, 0.15) is 17.3 Å². The van der Waals surface area contributed by atoms with Crippen LogP contribution in [0.5, 0.6) is 5.75 Å². The third kappa shape index (κ3) is 2.71. The highest BCUT2D eigenvalue weighted by molar-refractivity contribution is 5.64. The first kappa shape index (κ1) is 13.9. The summed E-state index contributed by atoms with van der Waals surface area (Å²) in [6.45, 7) is 5.84. The molecule has 1 N–H and O–H groups in total. The number of rotatable bonds is 5. The fourth-order valence-corrected chi connectivity index (χ4v) is 2.03. The van der Waals surface area contributed by atoms with Gasteiger partial charge in [-0.1, -0.05) is 6.58 Å². The Bertz CT molecular complexity index is 773. The summed E-state index contributed by atoms with van der Waals surface area (Å²) >= 11 is 0. The number of anilines is 2. The molecule has 3 aromatic rings. The Morgan fingerprint density at radius 3 is 2.68 bits per heavy atom. The van der Waals surface area contributed by atoms with Crippen LogP contribution in [0.2, 0.25) is 0 Å². The van der Waals surface area contributed by atoms with Crippen molar-refractivity contribution in [1.29, 1.82) is 0 Å². The molecule has 0 radical (unpaired) electrons. The Hall–Kier alpha value is -3.02. The first-order valence-electron chi connectivity index (χ1n) is 6.75. The lowest BCUT2D eigenvalue weighted by Gasteiger charge is -2.09. The van der Waals surface area contributed by atoms with E-state index in [2.05, 4.69) is 22.0 Å². The third-order valence-electron chi connectivity index (χ3n) is 3.12. The molecule has 0 atom stereocenters. The molecule has 1 aromatic carbocycles. The highest BCUT2D eigenvalue weighted by Crippen LogP contribution is 2.23. The Balaban J connectivity index is 1.89. The van der Waals surface area contributed by atoms with Crippen molar-refractivity contribution in [3.8, 4) is 5.75 Å². The fraction of sp³-hybridized carbons (Fsp3) is 0.125. The average molecular weight is 296 g/mol. The Kier molecular flexibility index (Phi) is 3.65. The van der Waals surface area contributed by atoms with Gasteiger partial charge in [0.15, 0.2) is 5.76 Å². The summed E-state index contributed by atoms with van der Waals surface area (Å²) in [6, 6.07) is 11.2. The molecule has 0 saturated carbocycles. The molecule has 0 fully saturated rings. The van der Waals surface area contributed by atoms with E-state index in [9.17, 15) is 0 Å². The molecule has 6 nitrogen and oxygen atoms in total. The van der Waals surface area contributed by atoms with Gasteiger partial charge in [-0.3, -0.25) is 0 Å². The Morgan fingerprint density at radius 2 is 2.05 bits per heavy atom. The maximum atomic E-state index is 5.36. The molecule has 0 amide bonds. The molecule has 6 heteroatoms. The summed E-state index contributed by atoms with van der Waals surface area (Å²) in [4.78, 5) is 4.39. The van der Waals surface area contributed by atoms with Gasteiger partial charge >= 0.3 is 0 Å². The van der Waals surface area contributed by atoms with E-state index in [0.29, 0.717) is 23.2 Å². The van der Waals surface area contributed by atoms with Gasteiger partial charge in [0.2, 0.25) is 5.95 Å². The molecule has 0 aliphatic carbocycles. The number of hydrogen-bond acceptors (Lipinski definition) is 5. The van der Waals surface area contributed by atoms with Crippen LogP contribution in [-0.4, -0.2) is 21.9 Å². The third-order valence-corrected chi connectivity index (χ3v) is 3.12. The maximum absolute atomic E-state index is 5.36. The number of aryl methyl sites for hydroxylation is 1. The molecule has 0 saturated heterocycles. The van der Waals surface area contributed by atoms with Crippen LogP contribution in [0.4, 0.5) is 11.6 Å². The maximum Gasteiger partial charge on any atom is 0.230 e. The van der Waals surface area contributed by atoms with Crippen LogP contribution in [0.25, 0.3) is 5.70 Å². The van der Waals surface area contributed by atoms with E-state index in [1.54, 1.807) is 24.1 Å². The summed E-state index contributed by atoms with van der Waals surface area (Å²) in [6.07, 6.45) is 1.60. The molecule has 0 aliphatic heterocycles. The molecule has 0 aliphatic rings. The number of ether oxygens (including phenoxy) is 1. The minimum Gasteiger partial charge on any atom is -0.497 e. The zero-order valence-corrected chi connectivity index (χ0v) is 12.4. The van der Waals surface area contributed by atoms with Crippen LogP contribution in [0, 0.1) is 6.92 Å². The average Bonchev–Trinajstić information content (AvgIpc) is 3.17. The zero-order chi connectivity index (χ0) is 15.5. The molecule has 0 spiro atoms. The second kappa shape index (κ2) is 5.77. The number of nitrogens with one attached hydrogen (secondary N) is 1. The first-order chi connectivity index (χ1) is 10.7. The molecular formula is C16H16N4O2. The van der Waals surface area contributed by atoms with Crippen molar-refractivity contribution in [1.82, 2.24) is 14.8 Å². The largest absolute Gasteiger partial charge is 0.497 e.